The summed E-state index contributed by atoms with van der Waals surface area (Å²) in [7, 11) is 1.87. The first-order chi connectivity index (χ1) is 29.0. The van der Waals surface area contributed by atoms with Crippen molar-refractivity contribution >= 4 is 23.5 Å². The number of β-lactam (4-membered cyclic amide) rings is 1. The fourth-order valence-corrected chi connectivity index (χ4v) is 7.08. The molecule has 0 bridgehead atoms. The molecule has 3 N–H and O–H groups in total. The number of aryl methyl sites for hydroxylation is 1. The molecule has 2 heterocycles. The smallest absolute Gasteiger partial charge is 0.318 e. The van der Waals surface area contributed by atoms with Crippen LogP contribution in [-0.4, -0.2) is 42.7 Å². The lowest BCUT2D eigenvalue weighted by Gasteiger charge is -2.48. The number of imidazole rings is 1. The lowest BCUT2D eigenvalue weighted by atomic mass is 9.77. The number of anilines is 1. The second-order valence-corrected chi connectivity index (χ2v) is 14.4. The Hall–Kier alpha value is -7.47. The lowest BCUT2D eigenvalue weighted by molar-refractivity contribution is -0.154. The van der Waals surface area contributed by atoms with Gasteiger partial charge in [0.25, 0.3) is 0 Å². The molecule has 300 valence electrons. The van der Waals surface area contributed by atoms with Crippen LogP contribution in [0.15, 0.2) is 134 Å². The van der Waals surface area contributed by atoms with Crippen LogP contribution in [0.4, 0.5) is 10.1 Å². The SMILES string of the molecule is Cn1cncc1C#Cc1ccc(N2C(=O)[C@H](CC[C@H](O)c3ccc(F)cc3)[C@H]2c2ccc(-c3ccc(C#CCC(C(=O)O)C(=O)O)cc3)cc2OCc2ccccc2)cc1. The van der Waals surface area contributed by atoms with Gasteiger partial charge in [0, 0.05) is 35.8 Å². The van der Waals surface area contributed by atoms with Crippen molar-refractivity contribution in [1.82, 2.24) is 9.55 Å². The monoisotopic (exact) mass is 801 g/mol. The number of rotatable bonds is 13. The Kier molecular flexibility index (Phi) is 12.5. The summed E-state index contributed by atoms with van der Waals surface area (Å²) in [6, 6.07) is 35.6. The Morgan fingerprint density at radius 2 is 1.50 bits per heavy atom. The van der Waals surface area contributed by atoms with Gasteiger partial charge in [0.1, 0.15) is 23.9 Å². The van der Waals surface area contributed by atoms with Gasteiger partial charge < -0.3 is 29.5 Å². The van der Waals surface area contributed by atoms with E-state index in [1.54, 1.807) is 41.7 Å². The molecule has 1 aliphatic heterocycles. The van der Waals surface area contributed by atoms with Crippen LogP contribution < -0.4 is 9.64 Å². The molecule has 1 fully saturated rings. The van der Waals surface area contributed by atoms with Crippen LogP contribution in [0.2, 0.25) is 0 Å². The van der Waals surface area contributed by atoms with E-state index in [1.807, 2.05) is 96.5 Å². The number of aliphatic hydroxyl groups is 1. The second-order valence-electron chi connectivity index (χ2n) is 14.4. The van der Waals surface area contributed by atoms with Crippen molar-refractivity contribution in [3.05, 3.63) is 173 Å². The van der Waals surface area contributed by atoms with Crippen LogP contribution in [0.25, 0.3) is 11.1 Å². The predicted octanol–water partition coefficient (Wildman–Crippen LogP) is 7.95. The molecule has 10 nitrogen and oxygen atoms in total. The number of carboxylic acid groups (broad SMARTS) is 2. The first-order valence-electron chi connectivity index (χ1n) is 19.3. The van der Waals surface area contributed by atoms with Crippen molar-refractivity contribution in [3.8, 4) is 40.6 Å². The summed E-state index contributed by atoms with van der Waals surface area (Å²) < 4.78 is 22.1. The molecular formula is C49H40FN3O7. The number of hydrogen-bond donors (Lipinski definition) is 3. The molecule has 0 radical (unpaired) electrons. The fraction of sp³-hybridized carbons (Fsp3) is 0.184. The van der Waals surface area contributed by atoms with Gasteiger partial charge in [0.15, 0.2) is 5.92 Å². The Labute approximate surface area is 346 Å². The van der Waals surface area contributed by atoms with Crippen LogP contribution >= 0.6 is 0 Å². The highest BCUT2D eigenvalue weighted by atomic mass is 19.1. The van der Waals surface area contributed by atoms with Crippen molar-refractivity contribution in [2.24, 2.45) is 18.9 Å². The highest BCUT2D eigenvalue weighted by molar-refractivity contribution is 6.03. The Bertz CT molecular complexity index is 2610. The Balaban J connectivity index is 1.21. The number of amides is 1. The molecule has 0 unspecified atom stereocenters. The molecule has 60 heavy (non-hydrogen) atoms. The second kappa shape index (κ2) is 18.4. The predicted molar refractivity (Wildman–Crippen MR) is 223 cm³/mol. The maximum absolute atomic E-state index is 14.2. The number of ether oxygens (including phenoxy) is 1. The van der Waals surface area contributed by atoms with Gasteiger partial charge in [-0.25, -0.2) is 9.37 Å². The number of hydrogen-bond acceptors (Lipinski definition) is 6. The van der Waals surface area contributed by atoms with E-state index in [9.17, 15) is 23.9 Å². The molecule has 5 aromatic carbocycles. The standard InChI is InChI=1S/C49H40FN3O7/c1-52-31-51-29-40(52)24-14-33-12-22-39(23-13-33)53-46(42(47(53)55)26-27-44(54)36-17-20-38(50)21-18-36)41-25-19-37(28-45(41)60-30-34-6-3-2-4-7-34)35-15-10-32(11-16-35)8-5-9-43(48(56)57)49(58)59/h2-4,6-7,10-13,15-23,25,28-29,31,42-44,46,54H,9,26-27,30H2,1H3,(H,56,57)(H,58,59)/t42-,44+,46-/m1/s1. The molecule has 3 atom stereocenters. The van der Waals surface area contributed by atoms with E-state index in [-0.39, 0.29) is 25.4 Å². The van der Waals surface area contributed by atoms with E-state index in [0.717, 1.165) is 33.5 Å². The zero-order valence-electron chi connectivity index (χ0n) is 32.5. The van der Waals surface area contributed by atoms with Gasteiger partial charge in [-0.1, -0.05) is 84.5 Å². The molecule has 1 amide bonds. The van der Waals surface area contributed by atoms with Gasteiger partial charge in [-0.15, -0.1) is 0 Å². The maximum atomic E-state index is 14.2. The number of carboxylic acids is 2. The minimum Gasteiger partial charge on any atom is -0.489 e. The van der Waals surface area contributed by atoms with Gasteiger partial charge >= 0.3 is 11.9 Å². The molecule has 0 spiro atoms. The van der Waals surface area contributed by atoms with Gasteiger partial charge in [-0.2, -0.15) is 0 Å². The molecule has 1 saturated heterocycles. The number of halogens is 1. The van der Waals surface area contributed by atoms with E-state index < -0.39 is 41.7 Å². The topological polar surface area (TPSA) is 142 Å². The van der Waals surface area contributed by atoms with Crippen molar-refractivity contribution < 1.29 is 38.8 Å². The van der Waals surface area contributed by atoms with Crippen molar-refractivity contribution in [2.45, 2.75) is 38.0 Å². The van der Waals surface area contributed by atoms with Gasteiger partial charge in [0.2, 0.25) is 5.91 Å². The van der Waals surface area contributed by atoms with E-state index in [1.165, 1.54) is 12.1 Å². The summed E-state index contributed by atoms with van der Waals surface area (Å²) in [5.41, 5.74) is 6.77. The van der Waals surface area contributed by atoms with Crippen LogP contribution in [0.5, 0.6) is 5.75 Å². The Morgan fingerprint density at radius 3 is 2.17 bits per heavy atom. The highest BCUT2D eigenvalue weighted by Crippen LogP contribution is 2.49. The van der Waals surface area contributed by atoms with Gasteiger partial charge in [-0.3, -0.25) is 14.4 Å². The number of benzene rings is 5. The third-order valence-electron chi connectivity index (χ3n) is 10.4. The van der Waals surface area contributed by atoms with Crippen molar-refractivity contribution in [3.63, 3.8) is 0 Å². The molecule has 7 rings (SSSR count). The van der Waals surface area contributed by atoms with Crippen molar-refractivity contribution in [1.29, 1.82) is 0 Å². The quantitative estimate of drug-likeness (QED) is 0.0607. The largest absolute Gasteiger partial charge is 0.489 e. The number of carbonyl (C=O) groups excluding carboxylic acids is 1. The van der Waals surface area contributed by atoms with Crippen molar-refractivity contribution in [2.75, 3.05) is 4.90 Å². The first-order valence-corrected chi connectivity index (χ1v) is 19.3. The average Bonchev–Trinajstić information content (AvgIpc) is 3.67. The molecule has 11 heteroatoms. The normalized spacial score (nSPS) is 14.9. The number of aromatic nitrogens is 2. The molecule has 6 aromatic rings. The summed E-state index contributed by atoms with van der Waals surface area (Å²) >= 11 is 0. The van der Waals surface area contributed by atoms with Gasteiger partial charge in [-0.05, 0) is 95.6 Å². The summed E-state index contributed by atoms with van der Waals surface area (Å²) in [6.07, 6.45) is 2.78. The lowest BCUT2D eigenvalue weighted by Crippen LogP contribution is -2.55. The highest BCUT2D eigenvalue weighted by Gasteiger charge is 2.49. The van der Waals surface area contributed by atoms with E-state index >= 15 is 0 Å². The minimum atomic E-state index is -1.61. The minimum absolute atomic E-state index is 0.104. The molecule has 0 saturated carbocycles. The third kappa shape index (κ3) is 9.45. The first kappa shape index (κ1) is 40.7. The van der Waals surface area contributed by atoms with Gasteiger partial charge in [0.05, 0.1) is 30.6 Å². The Morgan fingerprint density at radius 1 is 0.833 bits per heavy atom. The van der Waals surface area contributed by atoms with Crippen LogP contribution in [-0.2, 0) is 28.0 Å². The van der Waals surface area contributed by atoms with E-state index in [0.29, 0.717) is 29.0 Å². The number of carbonyl (C=O) groups is 3. The molecule has 1 aliphatic rings. The fourth-order valence-electron chi connectivity index (χ4n) is 7.08. The van der Waals surface area contributed by atoms with Crippen LogP contribution in [0.1, 0.15) is 64.9 Å². The number of aliphatic carboxylic acids is 2. The molecule has 0 aliphatic carbocycles. The van der Waals surface area contributed by atoms with E-state index in [4.69, 9.17) is 14.9 Å². The van der Waals surface area contributed by atoms with Crippen LogP contribution in [0, 0.1) is 41.3 Å². The summed E-state index contributed by atoms with van der Waals surface area (Å²) in [6.45, 7) is 0.262. The number of nitrogens with zero attached hydrogens (tertiary/aromatic N) is 3. The van der Waals surface area contributed by atoms with E-state index in [2.05, 4.69) is 28.7 Å². The zero-order valence-corrected chi connectivity index (χ0v) is 32.5. The summed E-state index contributed by atoms with van der Waals surface area (Å²) in [5, 5.41) is 29.4. The maximum Gasteiger partial charge on any atom is 0.318 e. The molecule has 1 aromatic heterocycles. The summed E-state index contributed by atoms with van der Waals surface area (Å²) in [4.78, 5) is 42.5. The third-order valence-corrected chi connectivity index (χ3v) is 10.4. The molecular weight excluding hydrogens is 762 g/mol. The zero-order chi connectivity index (χ0) is 42.2. The number of aliphatic hydroxyl groups excluding tert-OH is 1. The van der Waals surface area contributed by atoms with Crippen LogP contribution in [0.3, 0.4) is 0 Å². The average molecular weight is 802 g/mol. The summed E-state index contributed by atoms with van der Waals surface area (Å²) in [5.74, 6) is 6.86.